The maximum Gasteiger partial charge on any atom is 0.269 e. The molecule has 130 valence electrons. The van der Waals surface area contributed by atoms with E-state index in [9.17, 15) is 14.9 Å². The summed E-state index contributed by atoms with van der Waals surface area (Å²) in [6.07, 6.45) is 0.184. The van der Waals surface area contributed by atoms with Gasteiger partial charge in [0.1, 0.15) is 6.17 Å². The van der Waals surface area contributed by atoms with E-state index in [4.69, 9.17) is 11.6 Å². The molecule has 2 aromatic rings. The first-order valence-electron chi connectivity index (χ1n) is 8.06. The van der Waals surface area contributed by atoms with Gasteiger partial charge in [-0.3, -0.25) is 14.9 Å². The fourth-order valence-electron chi connectivity index (χ4n) is 3.00. The van der Waals surface area contributed by atoms with Crippen LogP contribution in [0.4, 0.5) is 11.4 Å². The second kappa shape index (κ2) is 6.72. The van der Waals surface area contributed by atoms with E-state index < -0.39 is 11.1 Å². The normalized spacial score (nSPS) is 17.6. The molecule has 0 aliphatic carbocycles. The predicted octanol–water partition coefficient (Wildman–Crippen LogP) is 4.61. The molecule has 6 nitrogen and oxygen atoms in total. The molecule has 1 aliphatic heterocycles. The molecule has 0 saturated carbocycles. The van der Waals surface area contributed by atoms with E-state index in [1.54, 1.807) is 11.0 Å². The zero-order chi connectivity index (χ0) is 18.1. The quantitative estimate of drug-likeness (QED) is 0.638. The van der Waals surface area contributed by atoms with Crippen molar-refractivity contribution in [1.82, 2.24) is 4.90 Å². The highest BCUT2D eigenvalue weighted by Crippen LogP contribution is 2.38. The summed E-state index contributed by atoms with van der Waals surface area (Å²) in [5.41, 5.74) is 1.73. The van der Waals surface area contributed by atoms with E-state index in [2.05, 4.69) is 5.32 Å². The summed E-state index contributed by atoms with van der Waals surface area (Å²) in [5, 5.41) is 14.8. The zero-order valence-corrected chi connectivity index (χ0v) is 14.7. The van der Waals surface area contributed by atoms with Gasteiger partial charge in [-0.15, -0.1) is 0 Å². The molecule has 0 aromatic heterocycles. The number of rotatable bonds is 4. The van der Waals surface area contributed by atoms with Crippen LogP contribution < -0.4 is 5.32 Å². The Morgan fingerprint density at radius 3 is 2.72 bits per heavy atom. The second-order valence-corrected chi connectivity index (χ2v) is 6.43. The standard InChI is InChI=1S/C18H18ClN3O3/c1-3-11(2)21-17(14-10-12(22(24)25)8-9-15(14)19)20-16-7-5-4-6-13(16)18(21)23/h4-11,17,20H,3H2,1-2H3/t11-,17-/m0/s1. The Balaban J connectivity index is 2.14. The maximum absolute atomic E-state index is 13.0. The van der Waals surface area contributed by atoms with Crippen LogP contribution in [-0.2, 0) is 0 Å². The number of carbonyl (C=O) groups excluding carboxylic acids is 1. The summed E-state index contributed by atoms with van der Waals surface area (Å²) in [5.74, 6) is -0.115. The molecule has 0 radical (unpaired) electrons. The molecule has 1 amide bonds. The number of non-ortho nitro benzene ring substituents is 1. The number of nitrogens with one attached hydrogen (secondary N) is 1. The van der Waals surface area contributed by atoms with Gasteiger partial charge in [-0.05, 0) is 31.5 Å². The van der Waals surface area contributed by atoms with E-state index >= 15 is 0 Å². The molecule has 0 saturated heterocycles. The summed E-state index contributed by atoms with van der Waals surface area (Å²) in [4.78, 5) is 25.4. The van der Waals surface area contributed by atoms with Crippen molar-refractivity contribution < 1.29 is 9.72 Å². The fourth-order valence-corrected chi connectivity index (χ4v) is 3.22. The van der Waals surface area contributed by atoms with Crippen LogP contribution in [0.5, 0.6) is 0 Å². The molecule has 2 atom stereocenters. The van der Waals surface area contributed by atoms with Crippen LogP contribution in [0.15, 0.2) is 42.5 Å². The molecule has 0 spiro atoms. The Morgan fingerprint density at radius 1 is 1.32 bits per heavy atom. The monoisotopic (exact) mass is 359 g/mol. The molecule has 25 heavy (non-hydrogen) atoms. The minimum Gasteiger partial charge on any atom is -0.361 e. The summed E-state index contributed by atoms with van der Waals surface area (Å²) in [7, 11) is 0. The Hall–Kier alpha value is -2.60. The smallest absolute Gasteiger partial charge is 0.269 e. The number of benzene rings is 2. The van der Waals surface area contributed by atoms with Crippen LogP contribution in [0.3, 0.4) is 0 Å². The number of nitro benzene ring substituents is 1. The number of para-hydroxylation sites is 1. The molecule has 1 heterocycles. The van der Waals surface area contributed by atoms with Gasteiger partial charge in [0.05, 0.1) is 10.5 Å². The topological polar surface area (TPSA) is 75.5 Å². The molecule has 3 rings (SSSR count). The molecule has 0 fully saturated rings. The van der Waals surface area contributed by atoms with Crippen molar-refractivity contribution >= 4 is 28.9 Å². The third-order valence-corrected chi connectivity index (χ3v) is 4.86. The summed E-state index contributed by atoms with van der Waals surface area (Å²) < 4.78 is 0. The van der Waals surface area contributed by atoms with Crippen molar-refractivity contribution in [3.63, 3.8) is 0 Å². The Labute approximate surface area is 150 Å². The van der Waals surface area contributed by atoms with Crippen molar-refractivity contribution in [2.45, 2.75) is 32.5 Å². The molecule has 1 N–H and O–H groups in total. The average Bonchev–Trinajstić information content (AvgIpc) is 2.61. The van der Waals surface area contributed by atoms with E-state index in [1.165, 1.54) is 18.2 Å². The first-order chi connectivity index (χ1) is 11.9. The minimum absolute atomic E-state index is 0.0587. The molecule has 7 heteroatoms. The number of fused-ring (bicyclic) bond motifs is 1. The van der Waals surface area contributed by atoms with Gasteiger partial charge in [0.15, 0.2) is 0 Å². The lowest BCUT2D eigenvalue weighted by Crippen LogP contribution is -2.47. The Bertz CT molecular complexity index is 840. The van der Waals surface area contributed by atoms with Crippen LogP contribution in [-0.4, -0.2) is 21.8 Å². The van der Waals surface area contributed by atoms with E-state index in [1.807, 2.05) is 32.0 Å². The van der Waals surface area contributed by atoms with Gasteiger partial charge in [-0.25, -0.2) is 0 Å². The Morgan fingerprint density at radius 2 is 2.04 bits per heavy atom. The first kappa shape index (κ1) is 17.2. The highest BCUT2D eigenvalue weighted by atomic mass is 35.5. The van der Waals surface area contributed by atoms with Gasteiger partial charge in [0.2, 0.25) is 0 Å². The Kier molecular flexibility index (Phi) is 4.63. The SMILES string of the molecule is CC[C@H](C)N1C(=O)c2ccccc2N[C@@H]1c1cc([N+](=O)[O-])ccc1Cl. The second-order valence-electron chi connectivity index (χ2n) is 6.03. The van der Waals surface area contributed by atoms with E-state index in [0.717, 1.165) is 6.42 Å². The number of hydrogen-bond acceptors (Lipinski definition) is 4. The summed E-state index contributed by atoms with van der Waals surface area (Å²) in [6.45, 7) is 3.94. The van der Waals surface area contributed by atoms with E-state index in [0.29, 0.717) is 21.8 Å². The number of hydrogen-bond donors (Lipinski definition) is 1. The van der Waals surface area contributed by atoms with Crippen LogP contribution in [0.25, 0.3) is 0 Å². The highest BCUT2D eigenvalue weighted by Gasteiger charge is 2.36. The largest absolute Gasteiger partial charge is 0.361 e. The van der Waals surface area contributed by atoms with Gasteiger partial charge in [-0.2, -0.15) is 0 Å². The van der Waals surface area contributed by atoms with Crippen molar-refractivity contribution in [2.24, 2.45) is 0 Å². The van der Waals surface area contributed by atoms with Crippen LogP contribution in [0.2, 0.25) is 5.02 Å². The van der Waals surface area contributed by atoms with Gasteiger partial charge < -0.3 is 10.2 Å². The van der Waals surface area contributed by atoms with Crippen LogP contribution in [0, 0.1) is 10.1 Å². The average molecular weight is 360 g/mol. The third-order valence-electron chi connectivity index (χ3n) is 4.51. The lowest BCUT2D eigenvalue weighted by atomic mass is 10.0. The summed E-state index contributed by atoms with van der Waals surface area (Å²) in [6, 6.07) is 11.5. The van der Waals surface area contributed by atoms with Gasteiger partial charge >= 0.3 is 0 Å². The van der Waals surface area contributed by atoms with E-state index in [-0.39, 0.29) is 17.6 Å². The molecular formula is C18H18ClN3O3. The predicted molar refractivity (Wildman–Crippen MR) is 96.8 cm³/mol. The van der Waals surface area contributed by atoms with Gasteiger partial charge in [-0.1, -0.05) is 30.7 Å². The lowest BCUT2D eigenvalue weighted by Gasteiger charge is -2.41. The fraction of sp³-hybridized carbons (Fsp3) is 0.278. The number of nitro groups is 1. The number of amides is 1. The molecule has 0 bridgehead atoms. The number of halogens is 1. The lowest BCUT2D eigenvalue weighted by molar-refractivity contribution is -0.384. The molecule has 2 aromatic carbocycles. The first-order valence-corrected chi connectivity index (χ1v) is 8.44. The number of nitrogens with zero attached hydrogens (tertiary/aromatic N) is 2. The molecular weight excluding hydrogens is 342 g/mol. The van der Waals surface area contributed by atoms with Crippen LogP contribution >= 0.6 is 11.6 Å². The minimum atomic E-state index is -0.565. The highest BCUT2D eigenvalue weighted by molar-refractivity contribution is 6.31. The van der Waals surface area contributed by atoms with Crippen molar-refractivity contribution in [1.29, 1.82) is 0 Å². The summed E-state index contributed by atoms with van der Waals surface area (Å²) >= 11 is 6.32. The van der Waals surface area contributed by atoms with Gasteiger partial charge in [0, 0.05) is 34.4 Å². The van der Waals surface area contributed by atoms with Crippen molar-refractivity contribution in [3.8, 4) is 0 Å². The number of carbonyl (C=O) groups is 1. The zero-order valence-electron chi connectivity index (χ0n) is 13.9. The van der Waals surface area contributed by atoms with Gasteiger partial charge in [0.25, 0.3) is 11.6 Å². The van der Waals surface area contributed by atoms with Crippen molar-refractivity contribution in [3.05, 3.63) is 68.7 Å². The van der Waals surface area contributed by atoms with Crippen LogP contribution in [0.1, 0.15) is 42.4 Å². The third kappa shape index (κ3) is 3.05. The number of anilines is 1. The van der Waals surface area contributed by atoms with Crippen molar-refractivity contribution in [2.75, 3.05) is 5.32 Å². The molecule has 1 aliphatic rings. The molecule has 0 unspecified atom stereocenters. The maximum atomic E-state index is 13.0.